The molecular weight excluding hydrogens is 520 g/mol. The molecule has 1 heterocycles. The number of ether oxygens (including phenoxy) is 4. The van der Waals surface area contributed by atoms with Gasteiger partial charge in [0.2, 0.25) is 5.79 Å². The van der Waals surface area contributed by atoms with Crippen LogP contribution in [0.5, 0.6) is 0 Å². The minimum absolute atomic E-state index is 0.574. The van der Waals surface area contributed by atoms with Crippen LogP contribution in [0.3, 0.4) is 0 Å². The molecule has 19 heavy (non-hydrogen) atoms. The molecule has 106 valence electrons. The van der Waals surface area contributed by atoms with Crippen molar-refractivity contribution in [2.75, 3.05) is 14.2 Å². The van der Waals surface area contributed by atoms with Crippen molar-refractivity contribution in [3.8, 4) is 0 Å². The van der Waals surface area contributed by atoms with Gasteiger partial charge in [0.05, 0.1) is 0 Å². The lowest BCUT2D eigenvalue weighted by atomic mass is 10.0. The SMILES string of the molecule is COC1(OC)[C@@]2(Br)C(Br)=C(Br)[C@]1(Br)[C@@H]1OC(=O)O[C@@H]12. The molecular formula is C10H8Br4O5. The summed E-state index contributed by atoms with van der Waals surface area (Å²) in [5.41, 5.74) is 0. The van der Waals surface area contributed by atoms with Crippen LogP contribution in [0.1, 0.15) is 0 Å². The van der Waals surface area contributed by atoms with Gasteiger partial charge in [0.15, 0.2) is 20.9 Å². The Hall–Kier alpha value is 0.850. The molecule has 0 N–H and O–H groups in total. The maximum atomic E-state index is 11.4. The zero-order valence-electron chi connectivity index (χ0n) is 9.71. The van der Waals surface area contributed by atoms with Gasteiger partial charge < -0.3 is 18.9 Å². The number of alkyl halides is 2. The van der Waals surface area contributed by atoms with Crippen LogP contribution in [0.25, 0.3) is 0 Å². The first kappa shape index (κ1) is 14.8. The smallest absolute Gasteiger partial charge is 0.425 e. The van der Waals surface area contributed by atoms with E-state index in [0.717, 1.165) is 8.96 Å². The van der Waals surface area contributed by atoms with Crippen LogP contribution >= 0.6 is 63.7 Å². The van der Waals surface area contributed by atoms with Crippen LogP contribution in [-0.4, -0.2) is 47.0 Å². The van der Waals surface area contributed by atoms with E-state index < -0.39 is 32.8 Å². The second kappa shape index (κ2) is 4.19. The summed E-state index contributed by atoms with van der Waals surface area (Å²) >= 11 is 14.3. The molecule has 2 aliphatic carbocycles. The van der Waals surface area contributed by atoms with Crippen LogP contribution in [0.2, 0.25) is 0 Å². The zero-order valence-corrected chi connectivity index (χ0v) is 16.1. The number of carbonyl (C=O) groups is 1. The molecule has 3 rings (SSSR count). The molecule has 9 heteroatoms. The minimum Gasteiger partial charge on any atom is -0.425 e. The summed E-state index contributed by atoms with van der Waals surface area (Å²) in [6.45, 7) is 0. The van der Waals surface area contributed by atoms with Gasteiger partial charge in [0.1, 0.15) is 0 Å². The van der Waals surface area contributed by atoms with Crippen molar-refractivity contribution in [1.29, 1.82) is 0 Å². The van der Waals surface area contributed by atoms with Crippen molar-refractivity contribution >= 4 is 69.9 Å². The summed E-state index contributed by atoms with van der Waals surface area (Å²) in [6.07, 6.45) is -1.85. The van der Waals surface area contributed by atoms with Gasteiger partial charge in [-0.25, -0.2) is 4.79 Å². The Morgan fingerprint density at radius 3 is 1.68 bits per heavy atom. The first-order valence-electron chi connectivity index (χ1n) is 5.23. The lowest BCUT2D eigenvalue weighted by Crippen LogP contribution is -2.58. The molecule has 0 aromatic heterocycles. The molecule has 0 radical (unpaired) electrons. The van der Waals surface area contributed by atoms with Gasteiger partial charge in [-0.3, -0.25) is 0 Å². The van der Waals surface area contributed by atoms with Crippen molar-refractivity contribution in [2.24, 2.45) is 0 Å². The molecule has 1 aliphatic heterocycles. The Labute approximate surface area is 142 Å². The number of fused-ring (bicyclic) bond motifs is 5. The third kappa shape index (κ3) is 1.27. The monoisotopic (exact) mass is 524 g/mol. The van der Waals surface area contributed by atoms with Crippen molar-refractivity contribution < 1.29 is 23.7 Å². The Bertz CT molecular complexity index is 466. The van der Waals surface area contributed by atoms with Gasteiger partial charge in [0, 0.05) is 23.2 Å². The molecule has 0 unspecified atom stereocenters. The van der Waals surface area contributed by atoms with Gasteiger partial charge in [-0.15, -0.1) is 0 Å². The average Bonchev–Trinajstić information content (AvgIpc) is 2.89. The van der Waals surface area contributed by atoms with Crippen LogP contribution in [0, 0.1) is 0 Å². The van der Waals surface area contributed by atoms with E-state index in [1.807, 2.05) is 0 Å². The first-order chi connectivity index (χ1) is 8.81. The summed E-state index contributed by atoms with van der Waals surface area (Å²) in [4.78, 5) is 11.4. The highest BCUT2D eigenvalue weighted by Crippen LogP contribution is 2.73. The second-order valence-corrected chi connectivity index (χ2v) is 8.49. The van der Waals surface area contributed by atoms with E-state index in [1.165, 1.54) is 14.2 Å². The van der Waals surface area contributed by atoms with Crippen LogP contribution in [0.4, 0.5) is 4.79 Å². The third-order valence-corrected chi connectivity index (χ3v) is 10.2. The topological polar surface area (TPSA) is 54.0 Å². The fourth-order valence-electron chi connectivity index (χ4n) is 3.11. The summed E-state index contributed by atoms with van der Waals surface area (Å²) in [6, 6.07) is 0. The highest BCUT2D eigenvalue weighted by Gasteiger charge is 2.87. The highest BCUT2D eigenvalue weighted by molar-refractivity contribution is 9.16. The Morgan fingerprint density at radius 1 is 1.00 bits per heavy atom. The Kier molecular flexibility index (Phi) is 3.26. The van der Waals surface area contributed by atoms with Crippen LogP contribution in [0.15, 0.2) is 8.96 Å². The molecule has 5 nitrogen and oxygen atoms in total. The van der Waals surface area contributed by atoms with Gasteiger partial charge in [-0.2, -0.15) is 0 Å². The number of methoxy groups -OCH3 is 2. The lowest BCUT2D eigenvalue weighted by Gasteiger charge is -2.41. The molecule has 1 saturated heterocycles. The normalized spacial score (nSPS) is 46.3. The molecule has 2 bridgehead atoms. The van der Waals surface area contributed by atoms with Crippen molar-refractivity contribution in [2.45, 2.75) is 26.6 Å². The van der Waals surface area contributed by atoms with E-state index >= 15 is 0 Å². The van der Waals surface area contributed by atoms with Crippen molar-refractivity contribution in [3.05, 3.63) is 8.96 Å². The maximum Gasteiger partial charge on any atom is 0.509 e. The number of hydrogen-bond acceptors (Lipinski definition) is 5. The van der Waals surface area contributed by atoms with Gasteiger partial charge >= 0.3 is 6.16 Å². The maximum absolute atomic E-state index is 11.4. The predicted molar refractivity (Wildman–Crippen MR) is 80.1 cm³/mol. The standard InChI is InChI=1S/C10H8Br4O5/c1-16-10(17-2)8(13)3(11)4(12)9(10,14)6-5(8)18-7(15)19-6/h5-6H,1-2H3/t5-,6+,8+,9-. The predicted octanol–water partition coefficient (Wildman–Crippen LogP) is 3.18. The highest BCUT2D eigenvalue weighted by atomic mass is 79.9. The molecule has 0 amide bonds. The van der Waals surface area contributed by atoms with Gasteiger partial charge in [-0.1, -0.05) is 63.7 Å². The molecule has 0 aromatic carbocycles. The molecule has 0 spiro atoms. The van der Waals surface area contributed by atoms with E-state index in [-0.39, 0.29) is 0 Å². The molecule has 0 aromatic rings. The average molecular weight is 528 g/mol. The van der Waals surface area contributed by atoms with E-state index in [2.05, 4.69) is 63.7 Å². The van der Waals surface area contributed by atoms with Gasteiger partial charge in [-0.05, 0) is 0 Å². The summed E-state index contributed by atoms with van der Waals surface area (Å²) in [7, 11) is 3.06. The Morgan fingerprint density at radius 2 is 1.37 bits per heavy atom. The van der Waals surface area contributed by atoms with E-state index in [1.54, 1.807) is 0 Å². The molecule has 2 fully saturated rings. The second-order valence-electron chi connectivity index (χ2n) is 4.40. The van der Waals surface area contributed by atoms with E-state index in [9.17, 15) is 4.79 Å². The third-order valence-electron chi connectivity index (χ3n) is 3.87. The van der Waals surface area contributed by atoms with Crippen molar-refractivity contribution in [3.63, 3.8) is 0 Å². The number of rotatable bonds is 2. The molecule has 4 atom stereocenters. The number of carbonyl (C=O) groups excluding carboxylic acids is 1. The summed E-state index contributed by atoms with van der Waals surface area (Å²) in [5, 5.41) is 0. The van der Waals surface area contributed by atoms with Crippen LogP contribution < -0.4 is 0 Å². The molecule has 1 saturated carbocycles. The fourth-order valence-corrected chi connectivity index (χ4v) is 7.85. The molecule has 3 aliphatic rings. The fraction of sp³-hybridized carbons (Fsp3) is 0.700. The lowest BCUT2D eigenvalue weighted by molar-refractivity contribution is -0.219. The van der Waals surface area contributed by atoms with E-state index in [0.29, 0.717) is 0 Å². The number of hydrogen-bond donors (Lipinski definition) is 0. The van der Waals surface area contributed by atoms with Gasteiger partial charge in [0.25, 0.3) is 0 Å². The van der Waals surface area contributed by atoms with Crippen LogP contribution in [-0.2, 0) is 18.9 Å². The van der Waals surface area contributed by atoms with E-state index in [4.69, 9.17) is 18.9 Å². The number of halogens is 4. The minimum atomic E-state index is -1.13. The first-order valence-corrected chi connectivity index (χ1v) is 8.40. The zero-order chi connectivity index (χ0) is 14.2. The quantitative estimate of drug-likeness (QED) is 0.314. The summed E-state index contributed by atoms with van der Waals surface area (Å²) in [5.74, 6) is -1.13. The van der Waals surface area contributed by atoms with Crippen molar-refractivity contribution in [1.82, 2.24) is 0 Å². The largest absolute Gasteiger partial charge is 0.509 e. The Balaban J connectivity index is 2.29. The summed E-state index contributed by atoms with van der Waals surface area (Å²) < 4.78 is 21.6.